The summed E-state index contributed by atoms with van der Waals surface area (Å²) in [4.78, 5) is 13.4. The second-order valence-electron chi connectivity index (χ2n) is 5.09. The van der Waals surface area contributed by atoms with E-state index in [4.69, 9.17) is 0 Å². The average Bonchev–Trinajstić information content (AvgIpc) is 2.75. The summed E-state index contributed by atoms with van der Waals surface area (Å²) in [7, 11) is 4.28. The van der Waals surface area contributed by atoms with Crippen molar-refractivity contribution in [3.05, 3.63) is 12.4 Å². The summed E-state index contributed by atoms with van der Waals surface area (Å²) >= 11 is 0. The lowest BCUT2D eigenvalue weighted by atomic mass is 10.1. The van der Waals surface area contributed by atoms with Gasteiger partial charge in [0.25, 0.3) is 0 Å². The largest absolute Gasteiger partial charge is 0.369 e. The number of hydrogen-bond donors (Lipinski definition) is 1. The van der Waals surface area contributed by atoms with Crippen LogP contribution in [0.25, 0.3) is 0 Å². The second-order valence-corrected chi connectivity index (χ2v) is 5.09. The Morgan fingerprint density at radius 2 is 2.33 bits per heavy atom. The van der Waals surface area contributed by atoms with Crippen molar-refractivity contribution in [2.75, 3.05) is 50.5 Å². The standard InChI is InChI=1S/C13H23N5/c1-4-15-12-7-14-8-13(16-12)18(3)10-11-5-6-17(2)9-11/h7-8,11H,4-6,9-10H2,1-3H3,(H,15,16). The van der Waals surface area contributed by atoms with E-state index in [1.165, 1.54) is 19.5 Å². The van der Waals surface area contributed by atoms with Gasteiger partial charge in [0.15, 0.2) is 0 Å². The Kier molecular flexibility index (Phi) is 4.36. The number of nitrogens with one attached hydrogen (secondary N) is 1. The molecule has 0 aliphatic carbocycles. The maximum absolute atomic E-state index is 4.56. The zero-order valence-electron chi connectivity index (χ0n) is 11.6. The molecule has 1 saturated heterocycles. The van der Waals surface area contributed by atoms with Crippen molar-refractivity contribution in [1.82, 2.24) is 14.9 Å². The normalized spacial score (nSPS) is 20.1. The monoisotopic (exact) mass is 249 g/mol. The van der Waals surface area contributed by atoms with Gasteiger partial charge in [-0.05, 0) is 32.9 Å². The van der Waals surface area contributed by atoms with Crippen LogP contribution in [0.15, 0.2) is 12.4 Å². The SMILES string of the molecule is CCNc1cncc(N(C)CC2CCN(C)C2)n1. The minimum atomic E-state index is 0.740. The van der Waals surface area contributed by atoms with E-state index in [0.29, 0.717) is 0 Å². The van der Waals surface area contributed by atoms with Crippen LogP contribution >= 0.6 is 0 Å². The van der Waals surface area contributed by atoms with E-state index in [0.717, 1.165) is 30.6 Å². The molecule has 18 heavy (non-hydrogen) atoms. The molecule has 0 saturated carbocycles. The van der Waals surface area contributed by atoms with E-state index >= 15 is 0 Å². The number of likely N-dealkylation sites (tertiary alicyclic amines) is 1. The van der Waals surface area contributed by atoms with Crippen LogP contribution in [0.2, 0.25) is 0 Å². The van der Waals surface area contributed by atoms with Crippen molar-refractivity contribution >= 4 is 11.6 Å². The molecule has 0 radical (unpaired) electrons. The highest BCUT2D eigenvalue weighted by Crippen LogP contribution is 2.18. The smallest absolute Gasteiger partial charge is 0.149 e. The summed E-state index contributed by atoms with van der Waals surface area (Å²) in [5, 5.41) is 3.19. The first-order valence-corrected chi connectivity index (χ1v) is 6.64. The summed E-state index contributed by atoms with van der Waals surface area (Å²) in [5.41, 5.74) is 0. The molecule has 0 spiro atoms. The van der Waals surface area contributed by atoms with Crippen LogP contribution in [0.5, 0.6) is 0 Å². The molecule has 1 atom stereocenters. The number of rotatable bonds is 5. The van der Waals surface area contributed by atoms with E-state index in [2.05, 4.69) is 46.1 Å². The van der Waals surface area contributed by atoms with Crippen molar-refractivity contribution in [1.29, 1.82) is 0 Å². The van der Waals surface area contributed by atoms with Crippen molar-refractivity contribution in [3.8, 4) is 0 Å². The van der Waals surface area contributed by atoms with Crippen LogP contribution in [-0.4, -0.2) is 55.1 Å². The fourth-order valence-electron chi connectivity index (χ4n) is 2.46. The Labute approximate surface area is 109 Å². The summed E-state index contributed by atoms with van der Waals surface area (Å²) in [6, 6.07) is 0. The number of hydrogen-bond acceptors (Lipinski definition) is 5. The summed E-state index contributed by atoms with van der Waals surface area (Å²) < 4.78 is 0. The minimum absolute atomic E-state index is 0.740. The fraction of sp³-hybridized carbons (Fsp3) is 0.692. The summed E-state index contributed by atoms with van der Waals surface area (Å²) in [6.45, 7) is 6.38. The van der Waals surface area contributed by atoms with Crippen LogP contribution in [0.1, 0.15) is 13.3 Å². The molecule has 1 aliphatic heterocycles. The minimum Gasteiger partial charge on any atom is -0.369 e. The zero-order valence-corrected chi connectivity index (χ0v) is 11.6. The third kappa shape index (κ3) is 3.32. The highest BCUT2D eigenvalue weighted by molar-refractivity contribution is 5.43. The first-order chi connectivity index (χ1) is 8.69. The van der Waals surface area contributed by atoms with Crippen LogP contribution < -0.4 is 10.2 Å². The molecular formula is C13H23N5. The zero-order chi connectivity index (χ0) is 13.0. The molecule has 1 fully saturated rings. The Balaban J connectivity index is 1.95. The van der Waals surface area contributed by atoms with Gasteiger partial charge >= 0.3 is 0 Å². The molecule has 5 nitrogen and oxygen atoms in total. The predicted octanol–water partition coefficient (Wildman–Crippen LogP) is 1.30. The number of nitrogens with zero attached hydrogens (tertiary/aromatic N) is 4. The van der Waals surface area contributed by atoms with Crippen LogP contribution in [0, 0.1) is 5.92 Å². The van der Waals surface area contributed by atoms with Gasteiger partial charge < -0.3 is 15.1 Å². The molecule has 1 aliphatic rings. The number of aromatic nitrogens is 2. The second kappa shape index (κ2) is 6.00. The summed E-state index contributed by atoms with van der Waals surface area (Å²) in [5.74, 6) is 2.54. The van der Waals surface area contributed by atoms with Gasteiger partial charge in [-0.25, -0.2) is 4.98 Å². The van der Waals surface area contributed by atoms with Gasteiger partial charge in [-0.15, -0.1) is 0 Å². The molecule has 0 bridgehead atoms. The van der Waals surface area contributed by atoms with Crippen molar-refractivity contribution in [3.63, 3.8) is 0 Å². The number of anilines is 2. The molecule has 1 N–H and O–H groups in total. The molecule has 1 aromatic rings. The Hall–Kier alpha value is -1.36. The van der Waals surface area contributed by atoms with E-state index < -0.39 is 0 Å². The average molecular weight is 249 g/mol. The molecule has 0 amide bonds. The maximum Gasteiger partial charge on any atom is 0.149 e. The quantitative estimate of drug-likeness (QED) is 0.852. The Morgan fingerprint density at radius 3 is 3.00 bits per heavy atom. The lowest BCUT2D eigenvalue weighted by molar-refractivity contribution is 0.395. The van der Waals surface area contributed by atoms with Gasteiger partial charge in [-0.3, -0.25) is 4.98 Å². The van der Waals surface area contributed by atoms with Crippen molar-refractivity contribution in [2.45, 2.75) is 13.3 Å². The maximum atomic E-state index is 4.56. The summed E-state index contributed by atoms with van der Waals surface area (Å²) in [6.07, 6.45) is 4.88. The Bertz CT molecular complexity index is 381. The van der Waals surface area contributed by atoms with Crippen LogP contribution in [-0.2, 0) is 0 Å². The van der Waals surface area contributed by atoms with E-state index in [1.807, 2.05) is 6.20 Å². The lowest BCUT2D eigenvalue weighted by Gasteiger charge is -2.22. The topological polar surface area (TPSA) is 44.3 Å². The van der Waals surface area contributed by atoms with E-state index in [9.17, 15) is 0 Å². The molecular weight excluding hydrogens is 226 g/mol. The lowest BCUT2D eigenvalue weighted by Crippen LogP contribution is -2.28. The fourth-order valence-corrected chi connectivity index (χ4v) is 2.46. The van der Waals surface area contributed by atoms with Crippen molar-refractivity contribution < 1.29 is 0 Å². The molecule has 100 valence electrons. The molecule has 1 aromatic heterocycles. The molecule has 5 heteroatoms. The highest BCUT2D eigenvalue weighted by Gasteiger charge is 2.21. The van der Waals surface area contributed by atoms with E-state index in [1.54, 1.807) is 6.20 Å². The van der Waals surface area contributed by atoms with Crippen molar-refractivity contribution in [2.24, 2.45) is 5.92 Å². The molecule has 2 heterocycles. The molecule has 2 rings (SSSR count). The van der Waals surface area contributed by atoms with Gasteiger partial charge in [0.1, 0.15) is 11.6 Å². The predicted molar refractivity (Wildman–Crippen MR) is 75.1 cm³/mol. The van der Waals surface area contributed by atoms with Gasteiger partial charge in [0.2, 0.25) is 0 Å². The third-order valence-electron chi connectivity index (χ3n) is 3.39. The van der Waals surface area contributed by atoms with Gasteiger partial charge in [0.05, 0.1) is 12.4 Å². The van der Waals surface area contributed by atoms with Gasteiger partial charge in [-0.2, -0.15) is 0 Å². The highest BCUT2D eigenvalue weighted by atomic mass is 15.2. The van der Waals surface area contributed by atoms with Gasteiger partial charge in [0, 0.05) is 26.7 Å². The molecule has 1 unspecified atom stereocenters. The van der Waals surface area contributed by atoms with Gasteiger partial charge in [-0.1, -0.05) is 0 Å². The van der Waals surface area contributed by atoms with E-state index in [-0.39, 0.29) is 0 Å². The Morgan fingerprint density at radius 1 is 1.50 bits per heavy atom. The van der Waals surface area contributed by atoms with Crippen LogP contribution in [0.3, 0.4) is 0 Å². The third-order valence-corrected chi connectivity index (χ3v) is 3.39. The molecule has 0 aromatic carbocycles. The first-order valence-electron chi connectivity index (χ1n) is 6.64. The van der Waals surface area contributed by atoms with Crippen LogP contribution in [0.4, 0.5) is 11.6 Å². The first kappa shape index (κ1) is 13.1.